The van der Waals surface area contributed by atoms with Gasteiger partial charge < -0.3 is 16.2 Å². The lowest BCUT2D eigenvalue weighted by Gasteiger charge is -2.02. The van der Waals surface area contributed by atoms with Crippen LogP contribution in [-0.2, 0) is 4.74 Å². The van der Waals surface area contributed by atoms with Crippen LogP contribution in [0.15, 0.2) is 48.5 Å². The summed E-state index contributed by atoms with van der Waals surface area (Å²) < 4.78 is 4.83. The zero-order valence-corrected chi connectivity index (χ0v) is 11.6. The van der Waals surface area contributed by atoms with Gasteiger partial charge in [-0.05, 0) is 49.2 Å². The van der Waals surface area contributed by atoms with Crippen molar-refractivity contribution in [1.82, 2.24) is 0 Å². The SMILES string of the molecule is CCOCC.Nc1ccc(-c2ccc(N)cc2)cc1. The zero-order valence-electron chi connectivity index (χ0n) is 11.6. The number of anilines is 2. The van der Waals surface area contributed by atoms with Crippen molar-refractivity contribution < 1.29 is 4.74 Å². The van der Waals surface area contributed by atoms with Gasteiger partial charge in [-0.3, -0.25) is 0 Å². The molecule has 0 atom stereocenters. The van der Waals surface area contributed by atoms with Gasteiger partial charge in [0.1, 0.15) is 0 Å². The molecule has 2 rings (SSSR count). The highest BCUT2D eigenvalue weighted by molar-refractivity contribution is 5.67. The monoisotopic (exact) mass is 258 g/mol. The molecule has 0 spiro atoms. The minimum atomic E-state index is 0.782. The molecule has 2 aromatic rings. The third kappa shape index (κ3) is 5.44. The fraction of sp³-hybridized carbons (Fsp3) is 0.250. The minimum absolute atomic E-state index is 0.782. The lowest BCUT2D eigenvalue weighted by molar-refractivity contribution is 0.162. The molecular formula is C16H22N2O. The van der Waals surface area contributed by atoms with Gasteiger partial charge in [0.2, 0.25) is 0 Å². The molecule has 0 saturated carbocycles. The average Bonchev–Trinajstić information content (AvgIpc) is 2.42. The fourth-order valence-corrected chi connectivity index (χ4v) is 1.56. The van der Waals surface area contributed by atoms with Crippen LogP contribution in [0.5, 0.6) is 0 Å². The smallest absolute Gasteiger partial charge is 0.0437 e. The molecule has 0 fully saturated rings. The van der Waals surface area contributed by atoms with E-state index in [4.69, 9.17) is 16.2 Å². The van der Waals surface area contributed by atoms with Crippen molar-refractivity contribution in [2.75, 3.05) is 24.7 Å². The van der Waals surface area contributed by atoms with Crippen molar-refractivity contribution in [3.8, 4) is 11.1 Å². The quantitative estimate of drug-likeness (QED) is 0.827. The highest BCUT2D eigenvalue weighted by Crippen LogP contribution is 2.21. The Kier molecular flexibility index (Phi) is 6.47. The van der Waals surface area contributed by atoms with Crippen molar-refractivity contribution in [2.24, 2.45) is 0 Å². The third-order valence-electron chi connectivity index (χ3n) is 2.56. The summed E-state index contributed by atoms with van der Waals surface area (Å²) in [4.78, 5) is 0. The van der Waals surface area contributed by atoms with Crippen LogP contribution in [0.3, 0.4) is 0 Å². The molecular weight excluding hydrogens is 236 g/mol. The largest absolute Gasteiger partial charge is 0.399 e. The van der Waals surface area contributed by atoms with Gasteiger partial charge >= 0.3 is 0 Å². The summed E-state index contributed by atoms with van der Waals surface area (Å²) in [7, 11) is 0. The van der Waals surface area contributed by atoms with Gasteiger partial charge in [0.15, 0.2) is 0 Å². The van der Waals surface area contributed by atoms with Crippen LogP contribution in [0.1, 0.15) is 13.8 Å². The number of nitrogen functional groups attached to an aromatic ring is 2. The number of ether oxygens (including phenoxy) is 1. The average molecular weight is 258 g/mol. The van der Waals surface area contributed by atoms with Crippen LogP contribution in [-0.4, -0.2) is 13.2 Å². The number of nitrogens with two attached hydrogens (primary N) is 2. The van der Waals surface area contributed by atoms with Gasteiger partial charge in [-0.25, -0.2) is 0 Å². The number of hydrogen-bond donors (Lipinski definition) is 2. The molecule has 19 heavy (non-hydrogen) atoms. The van der Waals surface area contributed by atoms with E-state index in [1.165, 1.54) is 0 Å². The van der Waals surface area contributed by atoms with Crippen LogP contribution in [0, 0.1) is 0 Å². The van der Waals surface area contributed by atoms with E-state index in [1.807, 2.05) is 62.4 Å². The molecule has 0 saturated heterocycles. The first-order valence-corrected chi connectivity index (χ1v) is 6.46. The second-order valence-corrected chi connectivity index (χ2v) is 4.03. The summed E-state index contributed by atoms with van der Waals surface area (Å²) in [5.74, 6) is 0. The van der Waals surface area contributed by atoms with E-state index < -0.39 is 0 Å². The lowest BCUT2D eigenvalue weighted by Crippen LogP contribution is -1.85. The van der Waals surface area contributed by atoms with E-state index in [0.717, 1.165) is 35.7 Å². The summed E-state index contributed by atoms with van der Waals surface area (Å²) in [6.07, 6.45) is 0. The Morgan fingerprint density at radius 2 is 1.00 bits per heavy atom. The van der Waals surface area contributed by atoms with Crippen LogP contribution in [0.2, 0.25) is 0 Å². The van der Waals surface area contributed by atoms with Gasteiger partial charge in [-0.15, -0.1) is 0 Å². The maximum Gasteiger partial charge on any atom is 0.0437 e. The van der Waals surface area contributed by atoms with Gasteiger partial charge in [-0.2, -0.15) is 0 Å². The van der Waals surface area contributed by atoms with Crippen LogP contribution < -0.4 is 11.5 Å². The topological polar surface area (TPSA) is 61.3 Å². The molecule has 0 aliphatic carbocycles. The van der Waals surface area contributed by atoms with Crippen molar-refractivity contribution in [2.45, 2.75) is 13.8 Å². The molecule has 0 bridgehead atoms. The number of hydrogen-bond acceptors (Lipinski definition) is 3. The molecule has 0 aliphatic heterocycles. The first kappa shape index (κ1) is 15.1. The summed E-state index contributed by atoms with van der Waals surface area (Å²) in [5.41, 5.74) is 15.1. The van der Waals surface area contributed by atoms with E-state index in [2.05, 4.69) is 0 Å². The maximum absolute atomic E-state index is 5.61. The first-order valence-electron chi connectivity index (χ1n) is 6.46. The summed E-state index contributed by atoms with van der Waals surface area (Å²) in [6.45, 7) is 5.67. The number of benzene rings is 2. The Balaban J connectivity index is 0.000000312. The first-order chi connectivity index (χ1) is 9.17. The standard InChI is InChI=1S/C12H12N2.C4H10O/c13-11-5-1-9(2-6-11)10-3-7-12(14)8-4-10;1-3-5-4-2/h1-8H,13-14H2;3-4H2,1-2H3. The second-order valence-electron chi connectivity index (χ2n) is 4.03. The Labute approximate surface area is 115 Å². The minimum Gasteiger partial charge on any atom is -0.399 e. The third-order valence-corrected chi connectivity index (χ3v) is 2.56. The zero-order chi connectivity index (χ0) is 14.1. The highest BCUT2D eigenvalue weighted by atomic mass is 16.5. The predicted octanol–water partition coefficient (Wildman–Crippen LogP) is 3.56. The highest BCUT2D eigenvalue weighted by Gasteiger charge is 1.95. The fourth-order valence-electron chi connectivity index (χ4n) is 1.56. The molecule has 3 nitrogen and oxygen atoms in total. The number of rotatable bonds is 3. The summed E-state index contributed by atoms with van der Waals surface area (Å²) in [5, 5.41) is 0. The van der Waals surface area contributed by atoms with E-state index in [9.17, 15) is 0 Å². The molecule has 0 heterocycles. The summed E-state index contributed by atoms with van der Waals surface area (Å²) >= 11 is 0. The molecule has 3 heteroatoms. The van der Waals surface area contributed by atoms with Crippen LogP contribution >= 0.6 is 0 Å². The lowest BCUT2D eigenvalue weighted by atomic mass is 10.1. The molecule has 2 aromatic carbocycles. The maximum atomic E-state index is 5.61. The molecule has 4 N–H and O–H groups in total. The molecule has 0 aliphatic rings. The molecule has 0 radical (unpaired) electrons. The van der Waals surface area contributed by atoms with Crippen LogP contribution in [0.4, 0.5) is 11.4 Å². The second kappa shape index (κ2) is 8.16. The van der Waals surface area contributed by atoms with Gasteiger partial charge in [0, 0.05) is 24.6 Å². The van der Waals surface area contributed by atoms with E-state index in [0.29, 0.717) is 0 Å². The molecule has 0 amide bonds. The Morgan fingerprint density at radius 3 is 1.21 bits per heavy atom. The molecule has 0 unspecified atom stereocenters. The summed E-state index contributed by atoms with van der Waals surface area (Å²) in [6, 6.07) is 15.6. The Morgan fingerprint density at radius 1 is 0.684 bits per heavy atom. The Hall–Kier alpha value is -2.00. The van der Waals surface area contributed by atoms with E-state index >= 15 is 0 Å². The van der Waals surface area contributed by atoms with Crippen molar-refractivity contribution >= 4 is 11.4 Å². The van der Waals surface area contributed by atoms with E-state index in [-0.39, 0.29) is 0 Å². The van der Waals surface area contributed by atoms with Crippen molar-refractivity contribution in [3.63, 3.8) is 0 Å². The van der Waals surface area contributed by atoms with Crippen molar-refractivity contribution in [1.29, 1.82) is 0 Å². The molecule has 102 valence electrons. The Bertz CT molecular complexity index is 418. The van der Waals surface area contributed by atoms with Crippen LogP contribution in [0.25, 0.3) is 11.1 Å². The van der Waals surface area contributed by atoms with Gasteiger partial charge in [0.25, 0.3) is 0 Å². The van der Waals surface area contributed by atoms with Crippen molar-refractivity contribution in [3.05, 3.63) is 48.5 Å². The van der Waals surface area contributed by atoms with E-state index in [1.54, 1.807) is 0 Å². The van der Waals surface area contributed by atoms with Gasteiger partial charge in [0.05, 0.1) is 0 Å². The predicted molar refractivity (Wildman–Crippen MR) is 82.9 cm³/mol. The van der Waals surface area contributed by atoms with Gasteiger partial charge in [-0.1, -0.05) is 24.3 Å². The normalized spacial score (nSPS) is 9.58. The molecule has 0 aromatic heterocycles.